The molecule has 136 valence electrons. The van der Waals surface area contributed by atoms with E-state index in [4.69, 9.17) is 4.74 Å². The van der Waals surface area contributed by atoms with Crippen LogP contribution in [0.1, 0.15) is 40.6 Å². The number of nitrogens with one attached hydrogen (secondary N) is 1. The molecule has 26 heavy (non-hydrogen) atoms. The van der Waals surface area contributed by atoms with Gasteiger partial charge in [-0.2, -0.15) is 0 Å². The molecule has 0 spiro atoms. The summed E-state index contributed by atoms with van der Waals surface area (Å²) in [7, 11) is 1.32. The molecule has 0 saturated carbocycles. The smallest absolute Gasteiger partial charge is 0.337 e. The standard InChI is InChI=1S/C19H22N4O3/c1-13-5-4-10-23(12-13)19-20-9-8-16(22-19)17(24)21-15-7-3-6-14(11-15)18(25)26-2/h3,6-9,11,13H,4-5,10,12H2,1-2H3,(H,21,24). The van der Waals surface area contributed by atoms with E-state index in [1.54, 1.807) is 36.5 Å². The predicted molar refractivity (Wildman–Crippen MR) is 98.4 cm³/mol. The van der Waals surface area contributed by atoms with Gasteiger partial charge in [-0.3, -0.25) is 4.79 Å². The molecule has 1 fully saturated rings. The second-order valence-corrected chi connectivity index (χ2v) is 6.46. The number of carbonyl (C=O) groups excluding carboxylic acids is 2. The minimum absolute atomic E-state index is 0.289. The minimum atomic E-state index is -0.454. The zero-order chi connectivity index (χ0) is 18.5. The molecule has 1 aliphatic heterocycles. The summed E-state index contributed by atoms with van der Waals surface area (Å²) in [6, 6.07) is 8.16. The number of aromatic nitrogens is 2. The molecule has 7 nitrogen and oxygen atoms in total. The molecule has 1 N–H and O–H groups in total. The lowest BCUT2D eigenvalue weighted by molar-refractivity contribution is 0.0600. The lowest BCUT2D eigenvalue weighted by Crippen LogP contribution is -2.35. The number of benzene rings is 1. The van der Waals surface area contributed by atoms with E-state index in [2.05, 4.69) is 27.1 Å². The minimum Gasteiger partial charge on any atom is -0.465 e. The van der Waals surface area contributed by atoms with Crippen molar-refractivity contribution in [2.24, 2.45) is 5.92 Å². The van der Waals surface area contributed by atoms with E-state index in [1.807, 2.05) is 0 Å². The first-order valence-electron chi connectivity index (χ1n) is 8.64. The molecule has 2 aromatic rings. The van der Waals surface area contributed by atoms with Gasteiger partial charge in [-0.15, -0.1) is 0 Å². The van der Waals surface area contributed by atoms with Crippen LogP contribution in [0.3, 0.4) is 0 Å². The van der Waals surface area contributed by atoms with Crippen LogP contribution in [-0.2, 0) is 4.74 Å². The number of anilines is 2. The highest BCUT2D eigenvalue weighted by molar-refractivity contribution is 6.03. The maximum atomic E-state index is 12.5. The molecule has 0 aliphatic carbocycles. The van der Waals surface area contributed by atoms with Crippen LogP contribution in [0.15, 0.2) is 36.5 Å². The molecule has 7 heteroatoms. The van der Waals surface area contributed by atoms with Gasteiger partial charge in [-0.25, -0.2) is 14.8 Å². The molecule has 1 aliphatic rings. The van der Waals surface area contributed by atoms with Crippen molar-refractivity contribution in [2.75, 3.05) is 30.4 Å². The summed E-state index contributed by atoms with van der Waals surface area (Å²) in [5.74, 6) is 0.365. The SMILES string of the molecule is COC(=O)c1cccc(NC(=O)c2ccnc(N3CCCC(C)C3)n2)c1. The summed E-state index contributed by atoms with van der Waals surface area (Å²) in [5.41, 5.74) is 1.16. The van der Waals surface area contributed by atoms with E-state index < -0.39 is 5.97 Å². The molecule has 1 aromatic heterocycles. The zero-order valence-corrected chi connectivity index (χ0v) is 14.9. The number of methoxy groups -OCH3 is 1. The maximum absolute atomic E-state index is 12.5. The van der Waals surface area contributed by atoms with Crippen molar-refractivity contribution in [3.8, 4) is 0 Å². The fourth-order valence-corrected chi connectivity index (χ4v) is 3.04. The number of amides is 1. The zero-order valence-electron chi connectivity index (χ0n) is 14.9. The number of hydrogen-bond acceptors (Lipinski definition) is 6. The highest BCUT2D eigenvalue weighted by Crippen LogP contribution is 2.20. The Hall–Kier alpha value is -2.96. The third-order valence-electron chi connectivity index (χ3n) is 4.36. The summed E-state index contributed by atoms with van der Waals surface area (Å²) < 4.78 is 4.69. The number of nitrogens with zero attached hydrogens (tertiary/aromatic N) is 3. The average molecular weight is 354 g/mol. The number of hydrogen-bond donors (Lipinski definition) is 1. The maximum Gasteiger partial charge on any atom is 0.337 e. The van der Waals surface area contributed by atoms with Crippen LogP contribution < -0.4 is 10.2 Å². The van der Waals surface area contributed by atoms with Gasteiger partial charge in [0.05, 0.1) is 12.7 Å². The summed E-state index contributed by atoms with van der Waals surface area (Å²) in [5, 5.41) is 2.76. The van der Waals surface area contributed by atoms with E-state index >= 15 is 0 Å². The Labute approximate surface area is 152 Å². The first-order chi connectivity index (χ1) is 12.6. The molecular formula is C19H22N4O3. The third kappa shape index (κ3) is 4.17. The fourth-order valence-electron chi connectivity index (χ4n) is 3.04. The number of rotatable bonds is 4. The number of ether oxygens (including phenoxy) is 1. The van der Waals surface area contributed by atoms with Crippen molar-refractivity contribution in [3.63, 3.8) is 0 Å². The molecule has 0 bridgehead atoms. The quantitative estimate of drug-likeness (QED) is 0.850. The van der Waals surface area contributed by atoms with E-state index in [9.17, 15) is 9.59 Å². The van der Waals surface area contributed by atoms with Gasteiger partial charge in [0, 0.05) is 25.0 Å². The van der Waals surface area contributed by atoms with E-state index in [1.165, 1.54) is 13.5 Å². The molecule has 1 saturated heterocycles. The molecule has 3 rings (SSSR count). The molecule has 2 heterocycles. The van der Waals surface area contributed by atoms with Crippen molar-refractivity contribution in [1.82, 2.24) is 9.97 Å². The molecule has 1 aromatic carbocycles. The second kappa shape index (κ2) is 7.95. The van der Waals surface area contributed by atoms with Gasteiger partial charge in [-0.05, 0) is 43.0 Å². The Morgan fingerprint density at radius 3 is 2.92 bits per heavy atom. The molecule has 1 amide bonds. The predicted octanol–water partition coefficient (Wildman–Crippen LogP) is 2.75. The van der Waals surface area contributed by atoms with E-state index in [0.717, 1.165) is 19.5 Å². The van der Waals surface area contributed by atoms with E-state index in [-0.39, 0.29) is 11.6 Å². The van der Waals surface area contributed by atoms with Crippen molar-refractivity contribution < 1.29 is 14.3 Å². The van der Waals surface area contributed by atoms with Crippen molar-refractivity contribution in [2.45, 2.75) is 19.8 Å². The topological polar surface area (TPSA) is 84.4 Å². The third-order valence-corrected chi connectivity index (χ3v) is 4.36. The first-order valence-corrected chi connectivity index (χ1v) is 8.64. The van der Waals surface area contributed by atoms with Gasteiger partial charge in [-0.1, -0.05) is 13.0 Å². The van der Waals surface area contributed by atoms with Crippen molar-refractivity contribution >= 4 is 23.5 Å². The highest BCUT2D eigenvalue weighted by atomic mass is 16.5. The molecular weight excluding hydrogens is 332 g/mol. The van der Waals surface area contributed by atoms with Crippen LogP contribution >= 0.6 is 0 Å². The van der Waals surface area contributed by atoms with E-state index in [0.29, 0.717) is 23.1 Å². The Kier molecular flexibility index (Phi) is 5.46. The van der Waals surface area contributed by atoms with Gasteiger partial charge >= 0.3 is 5.97 Å². The highest BCUT2D eigenvalue weighted by Gasteiger charge is 2.20. The fraction of sp³-hybridized carbons (Fsp3) is 0.368. The van der Waals surface area contributed by atoms with Crippen LogP contribution in [-0.4, -0.2) is 42.0 Å². The summed E-state index contributed by atoms with van der Waals surface area (Å²) in [6.07, 6.45) is 3.90. The van der Waals surface area contributed by atoms with Gasteiger partial charge in [0.25, 0.3) is 5.91 Å². The van der Waals surface area contributed by atoms with Gasteiger partial charge in [0.15, 0.2) is 0 Å². The van der Waals surface area contributed by atoms with Crippen molar-refractivity contribution in [1.29, 1.82) is 0 Å². The number of carbonyl (C=O) groups is 2. The molecule has 1 atom stereocenters. The first kappa shape index (κ1) is 17.8. The summed E-state index contributed by atoms with van der Waals surface area (Å²) in [6.45, 7) is 4.00. The average Bonchev–Trinajstić information content (AvgIpc) is 2.67. The summed E-state index contributed by atoms with van der Waals surface area (Å²) in [4.78, 5) is 35.0. The number of esters is 1. The normalized spacial score (nSPS) is 16.8. The van der Waals surface area contributed by atoms with Crippen LogP contribution in [0.2, 0.25) is 0 Å². The Morgan fingerprint density at radius 2 is 2.15 bits per heavy atom. The van der Waals surface area contributed by atoms with Crippen molar-refractivity contribution in [3.05, 3.63) is 47.8 Å². The Balaban J connectivity index is 1.74. The molecule has 1 unspecified atom stereocenters. The monoisotopic (exact) mass is 354 g/mol. The van der Waals surface area contributed by atoms with Crippen LogP contribution in [0.5, 0.6) is 0 Å². The number of piperidine rings is 1. The van der Waals surface area contributed by atoms with Crippen LogP contribution in [0.25, 0.3) is 0 Å². The largest absolute Gasteiger partial charge is 0.465 e. The Morgan fingerprint density at radius 1 is 1.31 bits per heavy atom. The lowest BCUT2D eigenvalue weighted by Gasteiger charge is -2.30. The van der Waals surface area contributed by atoms with Crippen LogP contribution in [0.4, 0.5) is 11.6 Å². The van der Waals surface area contributed by atoms with Gasteiger partial charge < -0.3 is 15.0 Å². The lowest BCUT2D eigenvalue weighted by atomic mass is 10.0. The summed E-state index contributed by atoms with van der Waals surface area (Å²) >= 11 is 0. The van der Waals surface area contributed by atoms with Gasteiger partial charge in [0.2, 0.25) is 5.95 Å². The second-order valence-electron chi connectivity index (χ2n) is 6.46. The molecule has 0 radical (unpaired) electrons. The van der Waals surface area contributed by atoms with Gasteiger partial charge in [0.1, 0.15) is 5.69 Å². The van der Waals surface area contributed by atoms with Crippen LogP contribution in [0, 0.1) is 5.92 Å². The Bertz CT molecular complexity index is 809.